The molecule has 4 aromatic rings. The minimum atomic E-state index is -0.700. The first-order valence-electron chi connectivity index (χ1n) is 8.85. The quantitative estimate of drug-likeness (QED) is 0.462. The van der Waals surface area contributed by atoms with E-state index in [0.29, 0.717) is 23.3 Å². The summed E-state index contributed by atoms with van der Waals surface area (Å²) in [5, 5.41) is 12.2. The van der Waals surface area contributed by atoms with Crippen LogP contribution in [0.1, 0.15) is 6.92 Å². The molecular formula is C20H16F2N4O2S. The summed E-state index contributed by atoms with van der Waals surface area (Å²) >= 11 is 1.15. The molecule has 0 spiro atoms. The van der Waals surface area contributed by atoms with Crippen LogP contribution in [-0.4, -0.2) is 26.4 Å². The zero-order valence-electron chi connectivity index (χ0n) is 15.4. The molecule has 6 nitrogen and oxygen atoms in total. The predicted molar refractivity (Wildman–Crippen MR) is 107 cm³/mol. The second-order valence-corrected chi connectivity index (χ2v) is 7.10. The first-order chi connectivity index (χ1) is 14.0. The first kappa shape index (κ1) is 19.1. The van der Waals surface area contributed by atoms with Gasteiger partial charge in [-0.2, -0.15) is 0 Å². The second kappa shape index (κ2) is 8.04. The number of hydrogen-bond donors (Lipinski definition) is 1. The van der Waals surface area contributed by atoms with Crippen molar-refractivity contribution in [2.24, 2.45) is 0 Å². The highest BCUT2D eigenvalue weighted by molar-refractivity contribution is 7.99. The van der Waals surface area contributed by atoms with Crippen LogP contribution in [0.5, 0.6) is 0 Å². The Kier molecular flexibility index (Phi) is 5.30. The van der Waals surface area contributed by atoms with E-state index in [2.05, 4.69) is 15.5 Å². The molecule has 0 saturated carbocycles. The number of para-hydroxylation sites is 1. The van der Waals surface area contributed by atoms with Gasteiger partial charge in [0.2, 0.25) is 11.7 Å². The Balaban J connectivity index is 1.49. The van der Waals surface area contributed by atoms with Crippen LogP contribution in [0.25, 0.3) is 22.6 Å². The van der Waals surface area contributed by atoms with Crippen molar-refractivity contribution in [1.82, 2.24) is 14.8 Å². The van der Waals surface area contributed by atoms with E-state index in [1.807, 2.05) is 41.8 Å². The summed E-state index contributed by atoms with van der Waals surface area (Å²) in [7, 11) is 0. The van der Waals surface area contributed by atoms with Gasteiger partial charge in [-0.3, -0.25) is 9.36 Å². The van der Waals surface area contributed by atoms with Gasteiger partial charge in [0.1, 0.15) is 17.2 Å². The van der Waals surface area contributed by atoms with E-state index in [0.717, 1.165) is 40.9 Å². The van der Waals surface area contributed by atoms with E-state index in [9.17, 15) is 13.6 Å². The largest absolute Gasteiger partial charge is 0.453 e. The van der Waals surface area contributed by atoms with Crippen molar-refractivity contribution in [2.75, 3.05) is 11.1 Å². The van der Waals surface area contributed by atoms with Crippen LogP contribution in [0, 0.1) is 11.6 Å². The fourth-order valence-electron chi connectivity index (χ4n) is 2.86. The van der Waals surface area contributed by atoms with E-state index in [-0.39, 0.29) is 11.4 Å². The zero-order chi connectivity index (χ0) is 20.4. The van der Waals surface area contributed by atoms with Gasteiger partial charge in [-0.1, -0.05) is 30.0 Å². The molecule has 0 aliphatic heterocycles. The summed E-state index contributed by atoms with van der Waals surface area (Å²) in [5.41, 5.74) is 0.550. The second-order valence-electron chi connectivity index (χ2n) is 6.16. The molecule has 0 saturated heterocycles. The molecule has 0 bridgehead atoms. The summed E-state index contributed by atoms with van der Waals surface area (Å²) in [6, 6.07) is 12.4. The molecule has 0 unspecified atom stereocenters. The molecule has 0 radical (unpaired) electrons. The summed E-state index contributed by atoms with van der Waals surface area (Å²) in [6.45, 7) is 2.50. The van der Waals surface area contributed by atoms with Crippen LogP contribution >= 0.6 is 11.8 Å². The van der Waals surface area contributed by atoms with E-state index in [4.69, 9.17) is 4.42 Å². The Morgan fingerprint density at radius 2 is 2.00 bits per heavy atom. The Hall–Kier alpha value is -3.20. The molecular weight excluding hydrogens is 398 g/mol. The number of benzene rings is 2. The number of carbonyl (C=O) groups excluding carboxylic acids is 1. The maximum Gasteiger partial charge on any atom is 0.234 e. The lowest BCUT2D eigenvalue weighted by Crippen LogP contribution is -2.15. The topological polar surface area (TPSA) is 73.0 Å². The number of aromatic nitrogens is 3. The van der Waals surface area contributed by atoms with Crippen molar-refractivity contribution >= 4 is 34.3 Å². The number of furan rings is 1. The van der Waals surface area contributed by atoms with E-state index < -0.39 is 17.5 Å². The van der Waals surface area contributed by atoms with E-state index in [1.54, 1.807) is 0 Å². The predicted octanol–water partition coefficient (Wildman–Crippen LogP) is 4.72. The Morgan fingerprint density at radius 1 is 1.17 bits per heavy atom. The molecule has 2 aromatic carbocycles. The number of fused-ring (bicyclic) bond motifs is 1. The number of halogens is 2. The van der Waals surface area contributed by atoms with E-state index in [1.165, 1.54) is 0 Å². The van der Waals surface area contributed by atoms with Crippen molar-refractivity contribution in [1.29, 1.82) is 0 Å². The van der Waals surface area contributed by atoms with Gasteiger partial charge in [-0.15, -0.1) is 10.2 Å². The van der Waals surface area contributed by atoms with Gasteiger partial charge in [0.05, 0.1) is 11.4 Å². The summed E-state index contributed by atoms with van der Waals surface area (Å²) < 4.78 is 34.6. The molecule has 0 atom stereocenters. The van der Waals surface area contributed by atoms with Crippen molar-refractivity contribution in [3.63, 3.8) is 0 Å². The summed E-state index contributed by atoms with van der Waals surface area (Å²) in [4.78, 5) is 12.1. The third kappa shape index (κ3) is 4.00. The number of amides is 1. The lowest BCUT2D eigenvalue weighted by Gasteiger charge is -2.07. The van der Waals surface area contributed by atoms with Crippen LogP contribution < -0.4 is 5.32 Å². The molecule has 9 heteroatoms. The SMILES string of the molecule is CCn1c(SCC(=O)Nc2cc(F)ccc2F)nnc1-c1cc2ccccc2o1. The maximum absolute atomic E-state index is 13.7. The van der Waals surface area contributed by atoms with Crippen LogP contribution in [0.2, 0.25) is 0 Å². The van der Waals surface area contributed by atoms with Gasteiger partial charge in [0, 0.05) is 18.0 Å². The van der Waals surface area contributed by atoms with Gasteiger partial charge in [0.15, 0.2) is 10.9 Å². The number of rotatable bonds is 6. The fourth-order valence-corrected chi connectivity index (χ4v) is 3.67. The number of carbonyl (C=O) groups is 1. The molecule has 0 fully saturated rings. The molecule has 0 aliphatic carbocycles. The molecule has 2 heterocycles. The molecule has 148 valence electrons. The molecule has 1 amide bonds. The lowest BCUT2D eigenvalue weighted by molar-refractivity contribution is -0.113. The van der Waals surface area contributed by atoms with Gasteiger partial charge in [-0.25, -0.2) is 8.78 Å². The smallest absolute Gasteiger partial charge is 0.234 e. The maximum atomic E-state index is 13.7. The summed E-state index contributed by atoms with van der Waals surface area (Å²) in [6.07, 6.45) is 0. The number of nitrogens with one attached hydrogen (secondary N) is 1. The van der Waals surface area contributed by atoms with Gasteiger partial charge in [-0.05, 0) is 31.2 Å². The van der Waals surface area contributed by atoms with Crippen LogP contribution in [0.3, 0.4) is 0 Å². The van der Waals surface area contributed by atoms with Gasteiger partial charge in [0.25, 0.3) is 0 Å². The number of anilines is 1. The summed E-state index contributed by atoms with van der Waals surface area (Å²) in [5.74, 6) is -0.699. The zero-order valence-corrected chi connectivity index (χ0v) is 16.2. The molecule has 2 aromatic heterocycles. The Bertz CT molecular complexity index is 1160. The van der Waals surface area contributed by atoms with Gasteiger partial charge < -0.3 is 9.73 Å². The highest BCUT2D eigenvalue weighted by Crippen LogP contribution is 2.29. The van der Waals surface area contributed by atoms with Crippen molar-refractivity contribution in [2.45, 2.75) is 18.6 Å². The van der Waals surface area contributed by atoms with Crippen LogP contribution in [0.15, 0.2) is 58.1 Å². The van der Waals surface area contributed by atoms with E-state index >= 15 is 0 Å². The molecule has 4 rings (SSSR count). The molecule has 29 heavy (non-hydrogen) atoms. The standard InChI is InChI=1S/C20H16F2N4O2S/c1-2-26-19(17-9-12-5-3-4-6-16(12)28-17)24-25-20(26)29-11-18(27)23-15-10-13(21)7-8-14(15)22/h3-10H,2,11H2,1H3,(H,23,27). The van der Waals surface area contributed by atoms with Crippen LogP contribution in [-0.2, 0) is 11.3 Å². The number of thioether (sulfide) groups is 1. The van der Waals surface area contributed by atoms with Crippen molar-refractivity contribution < 1.29 is 18.0 Å². The highest BCUT2D eigenvalue weighted by Gasteiger charge is 2.18. The minimum Gasteiger partial charge on any atom is -0.453 e. The minimum absolute atomic E-state index is 0.0335. The third-order valence-corrected chi connectivity index (χ3v) is 5.18. The average molecular weight is 414 g/mol. The Labute approximate surface area is 168 Å². The average Bonchev–Trinajstić information content (AvgIpc) is 3.32. The fraction of sp³-hybridized carbons (Fsp3) is 0.150. The van der Waals surface area contributed by atoms with Crippen molar-refractivity contribution in [3.8, 4) is 11.6 Å². The third-order valence-electron chi connectivity index (χ3n) is 4.21. The molecule has 0 aliphatic rings. The molecule has 1 N–H and O–H groups in total. The number of hydrogen-bond acceptors (Lipinski definition) is 5. The highest BCUT2D eigenvalue weighted by atomic mass is 32.2. The van der Waals surface area contributed by atoms with Crippen molar-refractivity contribution in [3.05, 3.63) is 60.2 Å². The monoisotopic (exact) mass is 414 g/mol. The Morgan fingerprint density at radius 3 is 2.79 bits per heavy atom. The number of nitrogens with zero attached hydrogens (tertiary/aromatic N) is 3. The first-order valence-corrected chi connectivity index (χ1v) is 9.83. The lowest BCUT2D eigenvalue weighted by atomic mass is 10.2. The van der Waals surface area contributed by atoms with Crippen LogP contribution in [0.4, 0.5) is 14.5 Å². The van der Waals surface area contributed by atoms with Gasteiger partial charge >= 0.3 is 0 Å². The normalized spacial score (nSPS) is 11.1.